The van der Waals surface area contributed by atoms with Crippen molar-refractivity contribution in [2.75, 3.05) is 0 Å². The van der Waals surface area contributed by atoms with Crippen LogP contribution < -0.4 is 0 Å². The molecule has 2 aromatic rings. The van der Waals surface area contributed by atoms with Crippen molar-refractivity contribution in [2.45, 2.75) is 6.92 Å². The van der Waals surface area contributed by atoms with E-state index in [-0.39, 0.29) is 5.78 Å². The Morgan fingerprint density at radius 2 is 1.67 bits per heavy atom. The average Bonchev–Trinajstić information content (AvgIpc) is 2.35. The van der Waals surface area contributed by atoms with Crippen molar-refractivity contribution in [1.82, 2.24) is 0 Å². The van der Waals surface area contributed by atoms with Crippen LogP contribution in [0.1, 0.15) is 21.5 Å². The molecular formula is C14H9Cl2IO. The summed E-state index contributed by atoms with van der Waals surface area (Å²) in [5, 5.41) is 0.701. The third-order valence-electron chi connectivity index (χ3n) is 2.63. The van der Waals surface area contributed by atoms with Gasteiger partial charge < -0.3 is 0 Å². The topological polar surface area (TPSA) is 17.1 Å². The van der Waals surface area contributed by atoms with Gasteiger partial charge in [0.15, 0.2) is 5.78 Å². The maximum absolute atomic E-state index is 12.4. The first-order valence-corrected chi connectivity index (χ1v) is 7.09. The van der Waals surface area contributed by atoms with Gasteiger partial charge in [0.2, 0.25) is 0 Å². The zero-order valence-electron chi connectivity index (χ0n) is 9.51. The summed E-state index contributed by atoms with van der Waals surface area (Å²) in [7, 11) is 0. The van der Waals surface area contributed by atoms with Gasteiger partial charge in [0.1, 0.15) is 0 Å². The standard InChI is InChI=1S/C14H9Cl2IO/c1-8-4-2-6-10(13(8)17)14(18)9-5-3-7-11(15)12(9)16/h2-7H,1H3. The van der Waals surface area contributed by atoms with Gasteiger partial charge in [0.05, 0.1) is 10.0 Å². The molecule has 0 bridgehead atoms. The van der Waals surface area contributed by atoms with Crippen molar-refractivity contribution in [3.05, 3.63) is 66.7 Å². The zero-order chi connectivity index (χ0) is 13.3. The van der Waals surface area contributed by atoms with Gasteiger partial charge >= 0.3 is 0 Å². The lowest BCUT2D eigenvalue weighted by Gasteiger charge is -2.08. The van der Waals surface area contributed by atoms with Crippen molar-refractivity contribution in [1.29, 1.82) is 0 Å². The summed E-state index contributed by atoms with van der Waals surface area (Å²) in [5.74, 6) is -0.101. The first-order chi connectivity index (χ1) is 8.52. The molecule has 0 radical (unpaired) electrons. The summed E-state index contributed by atoms with van der Waals surface area (Å²) < 4.78 is 0.941. The van der Waals surface area contributed by atoms with Gasteiger partial charge in [0.25, 0.3) is 0 Å². The van der Waals surface area contributed by atoms with E-state index in [1.54, 1.807) is 24.3 Å². The number of rotatable bonds is 2. The van der Waals surface area contributed by atoms with E-state index in [0.717, 1.165) is 9.13 Å². The van der Waals surface area contributed by atoms with Gasteiger partial charge in [-0.15, -0.1) is 0 Å². The first kappa shape index (κ1) is 13.8. The minimum atomic E-state index is -0.101. The van der Waals surface area contributed by atoms with Crippen LogP contribution in [0.5, 0.6) is 0 Å². The number of aryl methyl sites for hydroxylation is 1. The second-order valence-electron chi connectivity index (χ2n) is 3.87. The lowest BCUT2D eigenvalue weighted by Crippen LogP contribution is -2.05. The Balaban J connectivity index is 2.55. The molecule has 4 heteroatoms. The molecule has 0 saturated carbocycles. The maximum Gasteiger partial charge on any atom is 0.195 e. The van der Waals surface area contributed by atoms with Crippen LogP contribution in [-0.2, 0) is 0 Å². The molecule has 0 spiro atoms. The zero-order valence-corrected chi connectivity index (χ0v) is 13.2. The van der Waals surface area contributed by atoms with Gasteiger partial charge in [-0.1, -0.05) is 41.4 Å². The van der Waals surface area contributed by atoms with Crippen LogP contribution in [0.2, 0.25) is 10.0 Å². The van der Waals surface area contributed by atoms with Crippen LogP contribution in [-0.4, -0.2) is 5.78 Å². The van der Waals surface area contributed by atoms with Crippen molar-refractivity contribution >= 4 is 51.6 Å². The number of halogens is 3. The van der Waals surface area contributed by atoms with Crippen LogP contribution >= 0.6 is 45.8 Å². The molecule has 2 aromatic carbocycles. The number of carbonyl (C=O) groups is 1. The largest absolute Gasteiger partial charge is 0.289 e. The molecule has 0 amide bonds. The fraction of sp³-hybridized carbons (Fsp3) is 0.0714. The van der Waals surface area contributed by atoms with E-state index in [1.807, 2.05) is 19.1 Å². The Morgan fingerprint density at radius 3 is 2.39 bits per heavy atom. The smallest absolute Gasteiger partial charge is 0.195 e. The average molecular weight is 391 g/mol. The Bertz CT molecular complexity index is 570. The number of hydrogen-bond donors (Lipinski definition) is 0. The fourth-order valence-corrected chi connectivity index (χ4v) is 2.64. The molecule has 0 unspecified atom stereocenters. The molecule has 0 saturated heterocycles. The van der Waals surface area contributed by atoms with Crippen LogP contribution in [0, 0.1) is 10.5 Å². The van der Waals surface area contributed by atoms with Crippen molar-refractivity contribution in [3.63, 3.8) is 0 Å². The summed E-state index contributed by atoms with van der Waals surface area (Å²) in [4.78, 5) is 12.4. The molecule has 1 nitrogen and oxygen atoms in total. The molecule has 2 rings (SSSR count). The molecule has 0 N–H and O–H groups in total. The minimum Gasteiger partial charge on any atom is -0.289 e. The minimum absolute atomic E-state index is 0.101. The summed E-state index contributed by atoms with van der Waals surface area (Å²) >= 11 is 14.2. The highest BCUT2D eigenvalue weighted by Gasteiger charge is 2.17. The number of carbonyl (C=O) groups excluding carboxylic acids is 1. The van der Waals surface area contributed by atoms with E-state index >= 15 is 0 Å². The van der Waals surface area contributed by atoms with Gasteiger partial charge in [-0.2, -0.15) is 0 Å². The van der Waals surface area contributed by atoms with E-state index in [4.69, 9.17) is 23.2 Å². The third-order valence-corrected chi connectivity index (χ3v) is 4.88. The Labute approximate surface area is 129 Å². The molecule has 0 aliphatic carbocycles. The molecule has 0 aliphatic heterocycles. The van der Waals surface area contributed by atoms with Crippen LogP contribution in [0.4, 0.5) is 0 Å². The molecule has 0 atom stereocenters. The van der Waals surface area contributed by atoms with Crippen molar-refractivity contribution < 1.29 is 4.79 Å². The lowest BCUT2D eigenvalue weighted by molar-refractivity contribution is 0.103. The highest BCUT2D eigenvalue weighted by atomic mass is 127. The van der Waals surface area contributed by atoms with E-state index in [0.29, 0.717) is 21.2 Å². The normalized spacial score (nSPS) is 10.4. The fourth-order valence-electron chi connectivity index (χ4n) is 1.65. The molecule has 18 heavy (non-hydrogen) atoms. The SMILES string of the molecule is Cc1cccc(C(=O)c2cccc(Cl)c2Cl)c1I. The first-order valence-electron chi connectivity index (χ1n) is 5.26. The summed E-state index contributed by atoms with van der Waals surface area (Å²) in [6, 6.07) is 10.7. The van der Waals surface area contributed by atoms with Gasteiger partial charge in [-0.3, -0.25) is 4.79 Å². The van der Waals surface area contributed by atoms with Crippen LogP contribution in [0.25, 0.3) is 0 Å². The van der Waals surface area contributed by atoms with E-state index < -0.39 is 0 Å². The highest BCUT2D eigenvalue weighted by molar-refractivity contribution is 14.1. The monoisotopic (exact) mass is 390 g/mol. The quantitative estimate of drug-likeness (QED) is 0.512. The van der Waals surface area contributed by atoms with E-state index in [9.17, 15) is 4.79 Å². The molecule has 92 valence electrons. The third kappa shape index (κ3) is 2.56. The highest BCUT2D eigenvalue weighted by Crippen LogP contribution is 2.29. The van der Waals surface area contributed by atoms with Gasteiger partial charge in [-0.05, 0) is 53.3 Å². The van der Waals surface area contributed by atoms with Crippen molar-refractivity contribution in [2.24, 2.45) is 0 Å². The Hall–Kier alpha value is -0.580. The lowest BCUT2D eigenvalue weighted by atomic mass is 10.0. The van der Waals surface area contributed by atoms with Crippen molar-refractivity contribution in [3.8, 4) is 0 Å². The molecule has 0 heterocycles. The summed E-state index contributed by atoms with van der Waals surface area (Å²) in [6.07, 6.45) is 0. The number of hydrogen-bond acceptors (Lipinski definition) is 1. The molecule has 0 aromatic heterocycles. The molecule has 0 aliphatic rings. The van der Waals surface area contributed by atoms with Crippen LogP contribution in [0.3, 0.4) is 0 Å². The van der Waals surface area contributed by atoms with Crippen LogP contribution in [0.15, 0.2) is 36.4 Å². The predicted molar refractivity (Wildman–Crippen MR) is 83.8 cm³/mol. The second kappa shape index (κ2) is 5.59. The Morgan fingerprint density at radius 1 is 1.06 bits per heavy atom. The summed E-state index contributed by atoms with van der Waals surface area (Å²) in [6.45, 7) is 1.97. The van der Waals surface area contributed by atoms with E-state index in [1.165, 1.54) is 0 Å². The van der Waals surface area contributed by atoms with Gasteiger partial charge in [-0.25, -0.2) is 0 Å². The second-order valence-corrected chi connectivity index (χ2v) is 5.73. The van der Waals surface area contributed by atoms with Gasteiger partial charge in [0, 0.05) is 14.7 Å². The molecule has 0 fully saturated rings. The predicted octanol–water partition coefficient (Wildman–Crippen LogP) is 5.14. The number of ketones is 1. The molecular weight excluding hydrogens is 382 g/mol. The summed E-state index contributed by atoms with van der Waals surface area (Å²) in [5.41, 5.74) is 2.16. The number of benzene rings is 2. The Kier molecular flexibility index (Phi) is 4.30. The maximum atomic E-state index is 12.4. The van der Waals surface area contributed by atoms with E-state index in [2.05, 4.69) is 22.6 Å².